The highest BCUT2D eigenvalue weighted by atomic mass is 16.5. The first kappa shape index (κ1) is 12.1. The van der Waals surface area contributed by atoms with Crippen LogP contribution in [0, 0.1) is 0 Å². The van der Waals surface area contributed by atoms with Gasteiger partial charge in [0.05, 0.1) is 12.1 Å². The largest absolute Gasteiger partial charge is 0.381 e. The molecule has 2 N–H and O–H groups in total. The summed E-state index contributed by atoms with van der Waals surface area (Å²) in [6.45, 7) is 1.55. The summed E-state index contributed by atoms with van der Waals surface area (Å²) < 4.78 is 10.9. The van der Waals surface area contributed by atoms with Gasteiger partial charge in [-0.1, -0.05) is 24.4 Å². The molecule has 0 aromatic carbocycles. The first-order chi connectivity index (χ1) is 8.78. The van der Waals surface area contributed by atoms with Crippen LogP contribution in [-0.4, -0.2) is 23.4 Å². The third kappa shape index (κ3) is 2.29. The summed E-state index contributed by atoms with van der Waals surface area (Å²) >= 11 is 0. The van der Waals surface area contributed by atoms with Crippen molar-refractivity contribution in [3.63, 3.8) is 0 Å². The van der Waals surface area contributed by atoms with E-state index in [1.54, 1.807) is 0 Å². The SMILES string of the molecule is NC1(c2nc(C3CCCOC3)no2)CCCCC1. The Balaban J connectivity index is 1.75. The molecule has 1 aromatic heterocycles. The molecule has 0 amide bonds. The van der Waals surface area contributed by atoms with Gasteiger partial charge in [-0.05, 0) is 25.7 Å². The summed E-state index contributed by atoms with van der Waals surface area (Å²) in [4.78, 5) is 4.55. The molecule has 2 fully saturated rings. The molecule has 1 aromatic rings. The van der Waals surface area contributed by atoms with Gasteiger partial charge in [-0.15, -0.1) is 0 Å². The van der Waals surface area contributed by atoms with Gasteiger partial charge < -0.3 is 15.0 Å². The van der Waals surface area contributed by atoms with E-state index >= 15 is 0 Å². The van der Waals surface area contributed by atoms with Gasteiger partial charge in [-0.3, -0.25) is 0 Å². The maximum Gasteiger partial charge on any atom is 0.246 e. The maximum atomic E-state index is 6.40. The smallest absolute Gasteiger partial charge is 0.246 e. The second-order valence-electron chi connectivity index (χ2n) is 5.59. The molecule has 1 aliphatic heterocycles. The van der Waals surface area contributed by atoms with Crippen molar-refractivity contribution in [1.29, 1.82) is 0 Å². The molecule has 0 radical (unpaired) electrons. The maximum absolute atomic E-state index is 6.40. The molecule has 2 aliphatic rings. The van der Waals surface area contributed by atoms with Gasteiger partial charge in [-0.2, -0.15) is 4.98 Å². The molecular weight excluding hydrogens is 230 g/mol. The number of rotatable bonds is 2. The standard InChI is InChI=1S/C13H21N3O2/c14-13(6-2-1-3-7-13)12-15-11(16-18-12)10-5-4-8-17-9-10/h10H,1-9,14H2. The van der Waals surface area contributed by atoms with Gasteiger partial charge in [-0.25, -0.2) is 0 Å². The van der Waals surface area contributed by atoms with Crippen LogP contribution in [0.25, 0.3) is 0 Å². The molecule has 1 aliphatic carbocycles. The van der Waals surface area contributed by atoms with Crippen LogP contribution in [0.5, 0.6) is 0 Å². The third-order valence-electron chi connectivity index (χ3n) is 4.14. The molecule has 1 saturated heterocycles. The molecule has 1 unspecified atom stereocenters. The quantitative estimate of drug-likeness (QED) is 0.871. The third-order valence-corrected chi connectivity index (χ3v) is 4.14. The topological polar surface area (TPSA) is 74.2 Å². The first-order valence-electron chi connectivity index (χ1n) is 6.99. The van der Waals surface area contributed by atoms with Crippen LogP contribution in [0.3, 0.4) is 0 Å². The monoisotopic (exact) mass is 251 g/mol. The zero-order valence-electron chi connectivity index (χ0n) is 10.7. The van der Waals surface area contributed by atoms with E-state index < -0.39 is 0 Å². The van der Waals surface area contributed by atoms with Crippen molar-refractivity contribution in [2.24, 2.45) is 5.73 Å². The summed E-state index contributed by atoms with van der Waals surface area (Å²) in [5, 5.41) is 4.11. The molecule has 0 bridgehead atoms. The van der Waals surface area contributed by atoms with Crippen LogP contribution in [0.4, 0.5) is 0 Å². The predicted octanol–water partition coefficient (Wildman–Crippen LogP) is 2.08. The van der Waals surface area contributed by atoms with E-state index in [2.05, 4.69) is 10.1 Å². The Labute approximate surface area is 107 Å². The Morgan fingerprint density at radius 2 is 2.00 bits per heavy atom. The van der Waals surface area contributed by atoms with E-state index in [1.165, 1.54) is 6.42 Å². The number of hydrogen-bond donors (Lipinski definition) is 1. The average molecular weight is 251 g/mol. The fraction of sp³-hybridized carbons (Fsp3) is 0.846. The molecule has 5 nitrogen and oxygen atoms in total. The van der Waals surface area contributed by atoms with Gasteiger partial charge in [0.2, 0.25) is 5.89 Å². The molecule has 1 atom stereocenters. The number of nitrogens with zero attached hydrogens (tertiary/aromatic N) is 2. The Morgan fingerprint density at radius 3 is 2.72 bits per heavy atom. The van der Waals surface area contributed by atoms with E-state index in [0.29, 0.717) is 12.5 Å². The molecule has 100 valence electrons. The van der Waals surface area contributed by atoms with Gasteiger partial charge in [0.1, 0.15) is 0 Å². The number of nitrogens with two attached hydrogens (primary N) is 1. The van der Waals surface area contributed by atoms with Crippen molar-refractivity contribution < 1.29 is 9.26 Å². The van der Waals surface area contributed by atoms with Gasteiger partial charge in [0.15, 0.2) is 5.82 Å². The first-order valence-corrected chi connectivity index (χ1v) is 6.99. The number of aromatic nitrogens is 2. The minimum absolute atomic E-state index is 0.281. The summed E-state index contributed by atoms with van der Waals surface area (Å²) in [5.41, 5.74) is 6.01. The Morgan fingerprint density at radius 1 is 1.17 bits per heavy atom. The Hall–Kier alpha value is -0.940. The highest BCUT2D eigenvalue weighted by Crippen LogP contribution is 2.34. The normalized spacial score (nSPS) is 28.2. The van der Waals surface area contributed by atoms with Crippen LogP contribution < -0.4 is 5.73 Å². The molecule has 2 heterocycles. The lowest BCUT2D eigenvalue weighted by Gasteiger charge is -2.29. The predicted molar refractivity (Wildman–Crippen MR) is 66.0 cm³/mol. The van der Waals surface area contributed by atoms with Gasteiger partial charge >= 0.3 is 0 Å². The summed E-state index contributed by atoms with van der Waals surface area (Å²) in [7, 11) is 0. The second-order valence-corrected chi connectivity index (χ2v) is 5.59. The van der Waals surface area contributed by atoms with Crippen LogP contribution in [0.2, 0.25) is 0 Å². The van der Waals surface area contributed by atoms with E-state index in [0.717, 1.165) is 51.0 Å². The summed E-state index contributed by atoms with van der Waals surface area (Å²) in [5.74, 6) is 1.69. The molecule has 1 saturated carbocycles. The number of ether oxygens (including phenoxy) is 1. The molecule has 0 spiro atoms. The fourth-order valence-electron chi connectivity index (χ4n) is 2.94. The summed E-state index contributed by atoms with van der Waals surface area (Å²) in [6, 6.07) is 0. The molecular formula is C13H21N3O2. The Kier molecular flexibility index (Phi) is 3.35. The van der Waals surface area contributed by atoms with Crippen molar-refractivity contribution in [2.45, 2.75) is 56.4 Å². The minimum Gasteiger partial charge on any atom is -0.381 e. The van der Waals surface area contributed by atoms with Gasteiger partial charge in [0.25, 0.3) is 0 Å². The zero-order chi connectivity index (χ0) is 12.4. The second kappa shape index (κ2) is 4.97. The molecule has 18 heavy (non-hydrogen) atoms. The van der Waals surface area contributed by atoms with Crippen molar-refractivity contribution in [3.8, 4) is 0 Å². The van der Waals surface area contributed by atoms with Crippen molar-refractivity contribution in [3.05, 3.63) is 11.7 Å². The van der Waals surface area contributed by atoms with Crippen LogP contribution in [0.15, 0.2) is 4.52 Å². The molecule has 5 heteroatoms. The average Bonchev–Trinajstić information content (AvgIpc) is 2.91. The number of hydrogen-bond acceptors (Lipinski definition) is 5. The van der Waals surface area contributed by atoms with Gasteiger partial charge in [0, 0.05) is 12.5 Å². The lowest BCUT2D eigenvalue weighted by atomic mass is 9.82. The minimum atomic E-state index is -0.390. The zero-order valence-corrected chi connectivity index (χ0v) is 10.7. The van der Waals surface area contributed by atoms with E-state index in [1.807, 2.05) is 0 Å². The van der Waals surface area contributed by atoms with Crippen LogP contribution in [-0.2, 0) is 10.3 Å². The Bertz CT molecular complexity index is 393. The van der Waals surface area contributed by atoms with Crippen molar-refractivity contribution in [1.82, 2.24) is 10.1 Å². The van der Waals surface area contributed by atoms with Crippen molar-refractivity contribution >= 4 is 0 Å². The van der Waals surface area contributed by atoms with E-state index in [-0.39, 0.29) is 11.5 Å². The molecule has 3 rings (SSSR count). The lowest BCUT2D eigenvalue weighted by molar-refractivity contribution is 0.0773. The highest BCUT2D eigenvalue weighted by Gasteiger charge is 2.36. The fourth-order valence-corrected chi connectivity index (χ4v) is 2.94. The van der Waals surface area contributed by atoms with Crippen LogP contribution in [0.1, 0.15) is 62.6 Å². The lowest BCUT2D eigenvalue weighted by Crippen LogP contribution is -2.39. The summed E-state index contributed by atoms with van der Waals surface area (Å²) in [6.07, 6.45) is 7.63. The van der Waals surface area contributed by atoms with E-state index in [4.69, 9.17) is 15.0 Å². The van der Waals surface area contributed by atoms with Crippen molar-refractivity contribution in [2.75, 3.05) is 13.2 Å². The van der Waals surface area contributed by atoms with Crippen LogP contribution >= 0.6 is 0 Å². The highest BCUT2D eigenvalue weighted by molar-refractivity contribution is 5.06. The van der Waals surface area contributed by atoms with E-state index in [9.17, 15) is 0 Å².